The van der Waals surface area contributed by atoms with Crippen LogP contribution in [0.25, 0.3) is 0 Å². The molecule has 1 atom stereocenters. The first-order chi connectivity index (χ1) is 14.2. The Labute approximate surface area is 191 Å². The minimum Gasteiger partial charge on any atom is -0.481 e. The van der Waals surface area contributed by atoms with Crippen molar-refractivity contribution in [3.8, 4) is 0 Å². The first-order valence-electron chi connectivity index (χ1n) is 9.93. The predicted molar refractivity (Wildman–Crippen MR) is 122 cm³/mol. The Kier molecular flexibility index (Phi) is 7.05. The van der Waals surface area contributed by atoms with Gasteiger partial charge in [-0.05, 0) is 48.9 Å². The fraction of sp³-hybridized carbons (Fsp3) is 0.391. The van der Waals surface area contributed by atoms with Crippen LogP contribution in [-0.2, 0) is 15.0 Å². The van der Waals surface area contributed by atoms with Crippen LogP contribution in [0.5, 0.6) is 0 Å². The zero-order chi connectivity index (χ0) is 22.1. The predicted octanol–water partition coefficient (Wildman–Crippen LogP) is 6.28. The standard InChI is InChI=1S/C23H25Cl2NO3S/c1-13(2)15-6-4-5-7-17(15)30-18-9-8-16(20(24)21(18)25)23(10-11-23)22(29)26-14(3)12-19(27)28/h4-9,13-14H,10-12H2,1-3H3,(H,26,29)(H,27,28). The minimum absolute atomic E-state index is 0.124. The van der Waals surface area contributed by atoms with Crippen molar-refractivity contribution in [2.24, 2.45) is 0 Å². The molecule has 4 nitrogen and oxygen atoms in total. The molecule has 2 aromatic carbocycles. The average molecular weight is 466 g/mol. The highest BCUT2D eigenvalue weighted by molar-refractivity contribution is 7.99. The highest BCUT2D eigenvalue weighted by Gasteiger charge is 2.53. The summed E-state index contributed by atoms with van der Waals surface area (Å²) in [5, 5.41) is 12.6. The van der Waals surface area contributed by atoms with Gasteiger partial charge in [-0.25, -0.2) is 0 Å². The van der Waals surface area contributed by atoms with Crippen molar-refractivity contribution in [3.05, 3.63) is 57.6 Å². The van der Waals surface area contributed by atoms with E-state index in [0.717, 1.165) is 9.79 Å². The minimum atomic E-state index is -0.947. The number of nitrogens with one attached hydrogen (secondary N) is 1. The molecule has 1 aliphatic carbocycles. The maximum Gasteiger partial charge on any atom is 0.305 e. The fourth-order valence-electron chi connectivity index (χ4n) is 3.57. The first kappa shape index (κ1) is 23.0. The van der Waals surface area contributed by atoms with E-state index in [0.29, 0.717) is 34.4 Å². The SMILES string of the molecule is CC(CC(=O)O)NC(=O)C1(c2ccc(Sc3ccccc3C(C)C)c(Cl)c2Cl)CC1. The van der Waals surface area contributed by atoms with Crippen LogP contribution in [0.4, 0.5) is 0 Å². The number of carbonyl (C=O) groups is 2. The van der Waals surface area contributed by atoms with E-state index >= 15 is 0 Å². The van der Waals surface area contributed by atoms with E-state index in [1.54, 1.807) is 18.7 Å². The lowest BCUT2D eigenvalue weighted by Crippen LogP contribution is -2.41. The topological polar surface area (TPSA) is 66.4 Å². The zero-order valence-corrected chi connectivity index (χ0v) is 19.5. The molecule has 0 bridgehead atoms. The van der Waals surface area contributed by atoms with Gasteiger partial charge in [0, 0.05) is 15.8 Å². The molecule has 0 heterocycles. The van der Waals surface area contributed by atoms with Gasteiger partial charge in [0.05, 0.1) is 21.9 Å². The lowest BCUT2D eigenvalue weighted by atomic mass is 9.94. The number of hydrogen-bond donors (Lipinski definition) is 2. The number of carboxylic acids is 1. The largest absolute Gasteiger partial charge is 0.481 e. The van der Waals surface area contributed by atoms with E-state index in [9.17, 15) is 9.59 Å². The Hall–Kier alpha value is -1.69. The summed E-state index contributed by atoms with van der Waals surface area (Å²) in [6, 6.07) is 11.5. The first-order valence-corrected chi connectivity index (χ1v) is 11.5. The maximum atomic E-state index is 12.9. The van der Waals surface area contributed by atoms with E-state index in [1.165, 1.54) is 5.56 Å². The molecule has 30 heavy (non-hydrogen) atoms. The van der Waals surface area contributed by atoms with Gasteiger partial charge in [-0.15, -0.1) is 0 Å². The van der Waals surface area contributed by atoms with E-state index < -0.39 is 17.4 Å². The molecule has 2 aromatic rings. The average Bonchev–Trinajstić information content (AvgIpc) is 3.47. The summed E-state index contributed by atoms with van der Waals surface area (Å²) in [7, 11) is 0. The van der Waals surface area contributed by atoms with Gasteiger partial charge in [-0.2, -0.15) is 0 Å². The number of carboxylic acid groups (broad SMARTS) is 1. The molecule has 0 radical (unpaired) electrons. The Morgan fingerprint density at radius 3 is 2.33 bits per heavy atom. The maximum absolute atomic E-state index is 12.9. The summed E-state index contributed by atoms with van der Waals surface area (Å²) in [4.78, 5) is 25.7. The third-order valence-electron chi connectivity index (χ3n) is 5.37. The third-order valence-corrected chi connectivity index (χ3v) is 7.51. The van der Waals surface area contributed by atoms with Crippen LogP contribution < -0.4 is 5.32 Å². The Morgan fingerprint density at radius 1 is 1.07 bits per heavy atom. The highest BCUT2D eigenvalue weighted by Crippen LogP contribution is 2.53. The normalized spacial score (nSPS) is 15.7. The van der Waals surface area contributed by atoms with E-state index in [1.807, 2.05) is 24.3 Å². The second kappa shape index (κ2) is 9.21. The second-order valence-electron chi connectivity index (χ2n) is 8.09. The van der Waals surface area contributed by atoms with Crippen LogP contribution in [-0.4, -0.2) is 23.0 Å². The van der Waals surface area contributed by atoms with Gasteiger partial charge >= 0.3 is 5.97 Å². The molecule has 160 valence electrons. The highest BCUT2D eigenvalue weighted by atomic mass is 35.5. The van der Waals surface area contributed by atoms with Crippen molar-refractivity contribution in [3.63, 3.8) is 0 Å². The fourth-order valence-corrected chi connectivity index (χ4v) is 5.38. The van der Waals surface area contributed by atoms with E-state index in [-0.39, 0.29) is 12.3 Å². The molecule has 0 aliphatic heterocycles. The van der Waals surface area contributed by atoms with Gasteiger partial charge in [-0.1, -0.05) is 73.1 Å². The van der Waals surface area contributed by atoms with Crippen LogP contribution >= 0.6 is 35.0 Å². The Morgan fingerprint density at radius 2 is 1.73 bits per heavy atom. The number of carbonyl (C=O) groups excluding carboxylic acids is 1. The molecular weight excluding hydrogens is 441 g/mol. The Balaban J connectivity index is 1.85. The molecule has 1 unspecified atom stereocenters. The molecule has 1 amide bonds. The Bertz CT molecular complexity index is 973. The molecule has 7 heteroatoms. The summed E-state index contributed by atoms with van der Waals surface area (Å²) in [5.41, 5.74) is 1.21. The number of halogens is 2. The van der Waals surface area contributed by atoms with Crippen LogP contribution in [0, 0.1) is 0 Å². The lowest BCUT2D eigenvalue weighted by molar-refractivity contribution is -0.137. The van der Waals surface area contributed by atoms with Crippen molar-refractivity contribution < 1.29 is 14.7 Å². The molecule has 0 aromatic heterocycles. The monoisotopic (exact) mass is 465 g/mol. The lowest BCUT2D eigenvalue weighted by Gasteiger charge is -2.21. The van der Waals surface area contributed by atoms with Gasteiger partial charge in [-0.3, -0.25) is 9.59 Å². The van der Waals surface area contributed by atoms with Crippen molar-refractivity contribution >= 4 is 46.8 Å². The summed E-state index contributed by atoms with van der Waals surface area (Å²) >= 11 is 14.8. The summed E-state index contributed by atoms with van der Waals surface area (Å²) in [6.07, 6.45) is 1.20. The molecule has 0 spiro atoms. The summed E-state index contributed by atoms with van der Waals surface area (Å²) in [5.74, 6) is -0.759. The van der Waals surface area contributed by atoms with Crippen LogP contribution in [0.3, 0.4) is 0 Å². The third kappa shape index (κ3) is 4.79. The molecule has 3 rings (SSSR count). The van der Waals surface area contributed by atoms with Gasteiger partial charge in [0.25, 0.3) is 0 Å². The van der Waals surface area contributed by atoms with Gasteiger partial charge in [0.2, 0.25) is 5.91 Å². The van der Waals surface area contributed by atoms with Crippen molar-refractivity contribution in [2.75, 3.05) is 0 Å². The summed E-state index contributed by atoms with van der Waals surface area (Å²) in [6.45, 7) is 5.98. The van der Waals surface area contributed by atoms with Crippen LogP contribution in [0.2, 0.25) is 10.0 Å². The summed E-state index contributed by atoms with van der Waals surface area (Å²) < 4.78 is 0. The number of amides is 1. The van der Waals surface area contributed by atoms with E-state index in [4.69, 9.17) is 28.3 Å². The van der Waals surface area contributed by atoms with E-state index in [2.05, 4.69) is 31.3 Å². The van der Waals surface area contributed by atoms with Crippen molar-refractivity contribution in [1.82, 2.24) is 5.32 Å². The zero-order valence-electron chi connectivity index (χ0n) is 17.2. The molecule has 2 N–H and O–H groups in total. The van der Waals surface area contributed by atoms with Crippen molar-refractivity contribution in [1.29, 1.82) is 0 Å². The molecule has 1 fully saturated rings. The van der Waals surface area contributed by atoms with Gasteiger partial charge in [0.15, 0.2) is 0 Å². The molecular formula is C23H25Cl2NO3S. The molecule has 1 saturated carbocycles. The van der Waals surface area contributed by atoms with Crippen LogP contribution in [0.15, 0.2) is 46.2 Å². The second-order valence-corrected chi connectivity index (χ2v) is 9.93. The quantitative estimate of drug-likeness (QED) is 0.481. The molecule has 0 saturated heterocycles. The number of benzene rings is 2. The molecule has 1 aliphatic rings. The van der Waals surface area contributed by atoms with Gasteiger partial charge < -0.3 is 10.4 Å². The van der Waals surface area contributed by atoms with Crippen LogP contribution in [0.1, 0.15) is 57.1 Å². The van der Waals surface area contributed by atoms with Gasteiger partial charge in [0.1, 0.15) is 0 Å². The smallest absolute Gasteiger partial charge is 0.305 e. The number of hydrogen-bond acceptors (Lipinski definition) is 3. The number of aliphatic carboxylic acids is 1. The van der Waals surface area contributed by atoms with Crippen molar-refractivity contribution in [2.45, 2.75) is 67.2 Å². The number of rotatable bonds is 8.